The number of ether oxygens (including phenoxy) is 1. The summed E-state index contributed by atoms with van der Waals surface area (Å²) < 4.78 is 4.92. The van der Waals surface area contributed by atoms with Gasteiger partial charge in [-0.1, -0.05) is 38.5 Å². The van der Waals surface area contributed by atoms with Crippen LogP contribution in [-0.2, 0) is 14.3 Å². The maximum Gasteiger partial charge on any atom is 0.341 e. The Balaban J connectivity index is 2.39. The van der Waals surface area contributed by atoms with Gasteiger partial charge in [0.25, 0.3) is 0 Å². The van der Waals surface area contributed by atoms with E-state index in [-0.39, 0.29) is 5.78 Å². The molecule has 0 atom stereocenters. The van der Waals surface area contributed by atoms with Gasteiger partial charge in [0.1, 0.15) is 5.57 Å². The lowest BCUT2D eigenvalue weighted by molar-refractivity contribution is -0.137. The number of methoxy groups -OCH3 is 1. The molecule has 0 radical (unpaired) electrons. The summed E-state index contributed by atoms with van der Waals surface area (Å²) in [5.74, 6) is 0.293. The van der Waals surface area contributed by atoms with Crippen LogP contribution in [0.5, 0.6) is 0 Å². The zero-order valence-corrected chi connectivity index (χ0v) is 13.5. The van der Waals surface area contributed by atoms with E-state index >= 15 is 0 Å². The summed E-state index contributed by atoms with van der Waals surface area (Å²) in [5, 5.41) is 0. The molecule has 0 saturated heterocycles. The van der Waals surface area contributed by atoms with E-state index in [4.69, 9.17) is 4.74 Å². The Bertz CT molecular complexity index is 390. The Morgan fingerprint density at radius 1 is 0.810 bits per heavy atom. The van der Waals surface area contributed by atoms with Gasteiger partial charge in [-0.15, -0.1) is 0 Å². The largest absolute Gasteiger partial charge is 0.465 e. The molecule has 118 valence electrons. The maximum atomic E-state index is 12.2. The molecule has 0 aromatic carbocycles. The summed E-state index contributed by atoms with van der Waals surface area (Å²) in [6.07, 6.45) is 11.9. The molecule has 0 amide bonds. The van der Waals surface area contributed by atoms with Crippen LogP contribution in [0.25, 0.3) is 0 Å². The molecule has 0 aromatic heterocycles. The minimum absolute atomic E-state index is 0.118. The third-order valence-electron chi connectivity index (χ3n) is 5.12. The summed E-state index contributed by atoms with van der Waals surface area (Å²) in [5.41, 5.74) is 1.52. The van der Waals surface area contributed by atoms with E-state index in [1.54, 1.807) is 0 Å². The van der Waals surface area contributed by atoms with Gasteiger partial charge >= 0.3 is 5.97 Å². The van der Waals surface area contributed by atoms with Crippen LogP contribution in [0, 0.1) is 11.8 Å². The number of carbonyl (C=O) groups is 2. The minimum Gasteiger partial charge on any atom is -0.465 e. The van der Waals surface area contributed by atoms with E-state index in [0.717, 1.165) is 31.3 Å². The van der Waals surface area contributed by atoms with Crippen molar-refractivity contribution in [1.29, 1.82) is 0 Å². The van der Waals surface area contributed by atoms with Crippen molar-refractivity contribution in [3.05, 3.63) is 11.1 Å². The van der Waals surface area contributed by atoms with E-state index in [9.17, 15) is 9.59 Å². The Morgan fingerprint density at radius 3 is 1.57 bits per heavy atom. The molecule has 2 aliphatic rings. The van der Waals surface area contributed by atoms with Crippen LogP contribution in [0.3, 0.4) is 0 Å². The second-order valence-electron chi connectivity index (χ2n) is 6.55. The van der Waals surface area contributed by atoms with Crippen molar-refractivity contribution >= 4 is 11.8 Å². The third-order valence-corrected chi connectivity index (χ3v) is 5.12. The molecule has 0 aromatic rings. The SMILES string of the molecule is COC(=O)C(C(C)=O)=C(C1CCCCC1)C1CCCCC1. The van der Waals surface area contributed by atoms with Crippen LogP contribution >= 0.6 is 0 Å². The summed E-state index contributed by atoms with van der Waals surface area (Å²) in [4.78, 5) is 24.3. The highest BCUT2D eigenvalue weighted by Crippen LogP contribution is 2.41. The van der Waals surface area contributed by atoms with Crippen molar-refractivity contribution in [3.8, 4) is 0 Å². The Hall–Kier alpha value is -1.12. The highest BCUT2D eigenvalue weighted by atomic mass is 16.5. The molecule has 21 heavy (non-hydrogen) atoms. The van der Waals surface area contributed by atoms with E-state index < -0.39 is 5.97 Å². The van der Waals surface area contributed by atoms with Crippen LogP contribution < -0.4 is 0 Å². The average Bonchev–Trinajstić information content (AvgIpc) is 2.53. The number of rotatable bonds is 4. The molecule has 3 heteroatoms. The van der Waals surface area contributed by atoms with Gasteiger partial charge in [0.15, 0.2) is 5.78 Å². The Kier molecular flexibility index (Phi) is 6.01. The van der Waals surface area contributed by atoms with Crippen LogP contribution in [0.2, 0.25) is 0 Å². The Morgan fingerprint density at radius 2 is 1.24 bits per heavy atom. The van der Waals surface area contributed by atoms with Gasteiger partial charge in [0, 0.05) is 0 Å². The molecule has 2 aliphatic carbocycles. The van der Waals surface area contributed by atoms with Gasteiger partial charge in [0.05, 0.1) is 7.11 Å². The first-order valence-electron chi connectivity index (χ1n) is 8.48. The van der Waals surface area contributed by atoms with Crippen molar-refractivity contribution < 1.29 is 14.3 Å². The van der Waals surface area contributed by atoms with Crippen molar-refractivity contribution in [1.82, 2.24) is 0 Å². The normalized spacial score (nSPS) is 20.9. The van der Waals surface area contributed by atoms with Gasteiger partial charge in [-0.05, 0) is 50.0 Å². The second kappa shape index (κ2) is 7.77. The van der Waals surface area contributed by atoms with E-state index in [2.05, 4.69) is 0 Å². The van der Waals surface area contributed by atoms with Crippen LogP contribution in [-0.4, -0.2) is 18.9 Å². The molecule has 0 unspecified atom stereocenters. The summed E-state index contributed by atoms with van der Waals surface area (Å²) in [6.45, 7) is 1.51. The van der Waals surface area contributed by atoms with E-state index in [1.807, 2.05) is 0 Å². The number of allylic oxidation sites excluding steroid dienone is 1. The minimum atomic E-state index is -0.423. The molecule has 2 saturated carbocycles. The lowest BCUT2D eigenvalue weighted by Crippen LogP contribution is -2.26. The van der Waals surface area contributed by atoms with Crippen LogP contribution in [0.1, 0.15) is 71.1 Å². The van der Waals surface area contributed by atoms with E-state index in [0.29, 0.717) is 17.4 Å². The number of carbonyl (C=O) groups excluding carboxylic acids is 2. The fraction of sp³-hybridized carbons (Fsp3) is 0.778. The van der Waals surface area contributed by atoms with Crippen molar-refractivity contribution in [2.75, 3.05) is 7.11 Å². The van der Waals surface area contributed by atoms with Gasteiger partial charge in [-0.3, -0.25) is 4.79 Å². The molecule has 0 heterocycles. The van der Waals surface area contributed by atoms with Gasteiger partial charge in [0.2, 0.25) is 0 Å². The molecule has 0 N–H and O–H groups in total. The summed E-state index contributed by atoms with van der Waals surface area (Å²) >= 11 is 0. The topological polar surface area (TPSA) is 43.4 Å². The molecule has 2 fully saturated rings. The quantitative estimate of drug-likeness (QED) is 0.337. The monoisotopic (exact) mass is 292 g/mol. The van der Waals surface area contributed by atoms with Crippen molar-refractivity contribution in [2.45, 2.75) is 71.1 Å². The van der Waals surface area contributed by atoms with Gasteiger partial charge in [-0.2, -0.15) is 0 Å². The van der Waals surface area contributed by atoms with Crippen molar-refractivity contribution in [3.63, 3.8) is 0 Å². The standard InChI is InChI=1S/C18H28O3/c1-13(19)16(18(20)21-2)17(14-9-5-3-6-10-14)15-11-7-4-8-12-15/h14-15H,3-12H2,1-2H3. The molecular weight excluding hydrogens is 264 g/mol. The zero-order chi connectivity index (χ0) is 15.2. The highest BCUT2D eigenvalue weighted by Gasteiger charge is 2.32. The maximum absolute atomic E-state index is 12.2. The average molecular weight is 292 g/mol. The fourth-order valence-electron chi connectivity index (χ4n) is 4.14. The molecule has 2 rings (SSSR count). The first-order valence-corrected chi connectivity index (χ1v) is 8.48. The predicted molar refractivity (Wildman–Crippen MR) is 82.9 cm³/mol. The molecule has 3 nitrogen and oxygen atoms in total. The van der Waals surface area contributed by atoms with Gasteiger partial charge < -0.3 is 4.74 Å². The smallest absolute Gasteiger partial charge is 0.341 e. The zero-order valence-electron chi connectivity index (χ0n) is 13.5. The predicted octanol–water partition coefficient (Wildman–Crippen LogP) is 4.21. The summed E-state index contributed by atoms with van der Waals surface area (Å²) in [6, 6.07) is 0. The molecule has 0 aliphatic heterocycles. The lowest BCUT2D eigenvalue weighted by atomic mass is 9.71. The number of esters is 1. The number of hydrogen-bond donors (Lipinski definition) is 0. The first kappa shape index (κ1) is 16.3. The van der Waals surface area contributed by atoms with Crippen LogP contribution in [0.15, 0.2) is 11.1 Å². The first-order chi connectivity index (χ1) is 10.1. The number of Topliss-reactive ketones (excluding diaryl/α,β-unsaturated/α-hetero) is 1. The van der Waals surface area contributed by atoms with E-state index in [1.165, 1.54) is 52.6 Å². The lowest BCUT2D eigenvalue weighted by Gasteiger charge is -2.33. The number of ketones is 1. The molecule has 0 spiro atoms. The highest BCUT2D eigenvalue weighted by molar-refractivity contribution is 6.17. The van der Waals surface area contributed by atoms with Gasteiger partial charge in [-0.25, -0.2) is 4.79 Å². The van der Waals surface area contributed by atoms with Crippen LogP contribution in [0.4, 0.5) is 0 Å². The summed E-state index contributed by atoms with van der Waals surface area (Å²) in [7, 11) is 1.38. The third kappa shape index (κ3) is 3.96. The van der Waals surface area contributed by atoms with Crippen molar-refractivity contribution in [2.24, 2.45) is 11.8 Å². The number of hydrogen-bond acceptors (Lipinski definition) is 3. The molecular formula is C18H28O3. The fourth-order valence-corrected chi connectivity index (χ4v) is 4.14. The second-order valence-corrected chi connectivity index (χ2v) is 6.55. The Labute approximate surface area is 128 Å². The molecule has 0 bridgehead atoms.